The molecule has 0 aromatic heterocycles. The van der Waals surface area contributed by atoms with Crippen LogP contribution < -0.4 is 0 Å². The highest BCUT2D eigenvalue weighted by atomic mass is 16.2. The molecule has 2 saturated heterocycles. The summed E-state index contributed by atoms with van der Waals surface area (Å²) in [5, 5.41) is 8.97. The van der Waals surface area contributed by atoms with Crippen LogP contribution in [0.2, 0.25) is 0 Å². The number of likely N-dealkylation sites (tertiary alicyclic amines) is 2. The van der Waals surface area contributed by atoms with E-state index in [4.69, 9.17) is 5.26 Å². The number of rotatable bonds is 4. The zero-order valence-corrected chi connectivity index (χ0v) is 14.4. The van der Waals surface area contributed by atoms with Gasteiger partial charge in [0.25, 0.3) is 0 Å². The Bertz CT molecular complexity index is 692. The van der Waals surface area contributed by atoms with Gasteiger partial charge in [-0.2, -0.15) is 5.26 Å². The van der Waals surface area contributed by atoms with Crippen molar-refractivity contribution in [3.05, 3.63) is 35.4 Å². The second kappa shape index (κ2) is 6.37. The predicted octanol–water partition coefficient (Wildman–Crippen LogP) is 2.33. The van der Waals surface area contributed by atoms with Crippen molar-refractivity contribution in [1.82, 2.24) is 9.80 Å². The van der Waals surface area contributed by atoms with Crippen LogP contribution in [0.4, 0.5) is 0 Å². The lowest BCUT2D eigenvalue weighted by Crippen LogP contribution is -2.39. The Morgan fingerprint density at radius 1 is 1.12 bits per heavy atom. The Hall–Kier alpha value is -2.19. The Morgan fingerprint density at radius 3 is 2.33 bits per heavy atom. The van der Waals surface area contributed by atoms with Gasteiger partial charge in [-0.15, -0.1) is 0 Å². The molecule has 2 amide bonds. The highest BCUT2D eigenvalue weighted by molar-refractivity contribution is 6.06. The van der Waals surface area contributed by atoms with Gasteiger partial charge >= 0.3 is 0 Å². The molecule has 0 aliphatic carbocycles. The number of unbranched alkanes of at least 4 members (excludes halogenated alkanes) is 1. The van der Waals surface area contributed by atoms with Crippen LogP contribution in [-0.4, -0.2) is 41.2 Å². The van der Waals surface area contributed by atoms with E-state index in [2.05, 4.69) is 17.9 Å². The molecule has 1 aromatic carbocycles. The van der Waals surface area contributed by atoms with Gasteiger partial charge in [-0.1, -0.05) is 25.5 Å². The first-order valence-corrected chi connectivity index (χ1v) is 8.58. The molecule has 4 unspecified atom stereocenters. The first kappa shape index (κ1) is 16.7. The number of nitrogens with zero attached hydrogens (tertiary/aromatic N) is 3. The van der Waals surface area contributed by atoms with Crippen LogP contribution in [-0.2, 0) is 9.59 Å². The van der Waals surface area contributed by atoms with Crippen molar-refractivity contribution in [2.24, 2.45) is 11.8 Å². The molecule has 0 N–H and O–H groups in total. The standard InChI is InChI=1S/C19H23N3O2/c1-4-5-10-22-18(23)15-12(2)21(3)17(16(15)19(22)24)14-8-6-13(11-20)7-9-14/h6-9,12,15-17H,4-5,10H2,1-3H3. The van der Waals surface area contributed by atoms with Crippen LogP contribution in [0.3, 0.4) is 0 Å². The maximum absolute atomic E-state index is 12.9. The zero-order chi connectivity index (χ0) is 17.4. The first-order valence-electron chi connectivity index (χ1n) is 8.58. The number of fused-ring (bicyclic) bond motifs is 1. The Balaban J connectivity index is 1.94. The Kier molecular flexibility index (Phi) is 4.42. The zero-order valence-electron chi connectivity index (χ0n) is 14.4. The van der Waals surface area contributed by atoms with Gasteiger partial charge in [0.1, 0.15) is 0 Å². The van der Waals surface area contributed by atoms with Crippen molar-refractivity contribution in [3.63, 3.8) is 0 Å². The Morgan fingerprint density at radius 2 is 1.75 bits per heavy atom. The molecule has 4 atom stereocenters. The highest BCUT2D eigenvalue weighted by Crippen LogP contribution is 2.48. The molecule has 2 fully saturated rings. The molecule has 126 valence electrons. The lowest BCUT2D eigenvalue weighted by Gasteiger charge is -2.28. The summed E-state index contributed by atoms with van der Waals surface area (Å²) in [5.41, 5.74) is 1.59. The molecular weight excluding hydrogens is 302 g/mol. The monoisotopic (exact) mass is 325 g/mol. The third-order valence-corrected chi connectivity index (χ3v) is 5.55. The second-order valence-corrected chi connectivity index (χ2v) is 6.82. The van der Waals surface area contributed by atoms with Crippen molar-refractivity contribution >= 4 is 11.8 Å². The molecule has 24 heavy (non-hydrogen) atoms. The quantitative estimate of drug-likeness (QED) is 0.797. The van der Waals surface area contributed by atoms with E-state index in [1.165, 1.54) is 4.90 Å². The van der Waals surface area contributed by atoms with Crippen molar-refractivity contribution in [1.29, 1.82) is 5.26 Å². The highest BCUT2D eigenvalue weighted by Gasteiger charge is 2.59. The van der Waals surface area contributed by atoms with E-state index in [1.54, 1.807) is 12.1 Å². The minimum Gasteiger partial charge on any atom is -0.295 e. The molecule has 5 heteroatoms. The maximum atomic E-state index is 12.9. The topological polar surface area (TPSA) is 64.4 Å². The van der Waals surface area contributed by atoms with E-state index in [9.17, 15) is 9.59 Å². The molecule has 5 nitrogen and oxygen atoms in total. The van der Waals surface area contributed by atoms with Crippen molar-refractivity contribution in [2.45, 2.75) is 38.8 Å². The van der Waals surface area contributed by atoms with Gasteiger partial charge in [-0.25, -0.2) is 0 Å². The summed E-state index contributed by atoms with van der Waals surface area (Å²) >= 11 is 0. The lowest BCUT2D eigenvalue weighted by molar-refractivity contribution is -0.141. The van der Waals surface area contributed by atoms with Gasteiger partial charge in [-0.05, 0) is 38.1 Å². The average Bonchev–Trinajstić information content (AvgIpc) is 2.99. The molecular formula is C19H23N3O2. The van der Waals surface area contributed by atoms with Crippen molar-refractivity contribution in [2.75, 3.05) is 13.6 Å². The molecule has 2 aliphatic rings. The van der Waals surface area contributed by atoms with Crippen molar-refractivity contribution < 1.29 is 9.59 Å². The van der Waals surface area contributed by atoms with Crippen LogP contribution >= 0.6 is 0 Å². The third-order valence-electron chi connectivity index (χ3n) is 5.55. The van der Waals surface area contributed by atoms with Crippen molar-refractivity contribution in [3.8, 4) is 6.07 Å². The fourth-order valence-corrected chi connectivity index (χ4v) is 4.11. The number of benzene rings is 1. The van der Waals surface area contributed by atoms with E-state index in [0.29, 0.717) is 12.1 Å². The molecule has 0 spiro atoms. The molecule has 0 bridgehead atoms. The third kappa shape index (κ3) is 2.42. The second-order valence-electron chi connectivity index (χ2n) is 6.82. The minimum absolute atomic E-state index is 0.0195. The van der Waals surface area contributed by atoms with E-state index in [-0.39, 0.29) is 35.7 Å². The minimum atomic E-state index is -0.317. The number of imide groups is 1. The molecule has 0 radical (unpaired) electrons. The number of hydrogen-bond acceptors (Lipinski definition) is 4. The summed E-state index contributed by atoms with van der Waals surface area (Å²) in [5.74, 6) is -0.639. The number of nitriles is 1. The van der Waals surface area contributed by atoms with Gasteiger partial charge in [-0.3, -0.25) is 19.4 Å². The summed E-state index contributed by atoms with van der Waals surface area (Å²) < 4.78 is 0. The van der Waals surface area contributed by atoms with E-state index in [0.717, 1.165) is 18.4 Å². The molecule has 0 saturated carbocycles. The van der Waals surface area contributed by atoms with Crippen LogP contribution in [0, 0.1) is 23.2 Å². The number of hydrogen-bond donors (Lipinski definition) is 0. The van der Waals surface area contributed by atoms with E-state index < -0.39 is 0 Å². The summed E-state index contributed by atoms with van der Waals surface area (Å²) in [6.45, 7) is 4.61. The number of carbonyl (C=O) groups excluding carboxylic acids is 2. The van der Waals surface area contributed by atoms with Gasteiger partial charge in [0.15, 0.2) is 0 Å². The van der Waals surface area contributed by atoms with Gasteiger partial charge < -0.3 is 0 Å². The van der Waals surface area contributed by atoms with Gasteiger partial charge in [0.05, 0.1) is 23.5 Å². The van der Waals surface area contributed by atoms with Crippen LogP contribution in [0.25, 0.3) is 0 Å². The summed E-state index contributed by atoms with van der Waals surface area (Å²) in [7, 11) is 1.98. The number of amides is 2. The molecule has 1 aromatic rings. The summed E-state index contributed by atoms with van der Waals surface area (Å²) in [6.07, 6.45) is 1.81. The van der Waals surface area contributed by atoms with Crippen LogP contribution in [0.5, 0.6) is 0 Å². The first-order chi connectivity index (χ1) is 11.5. The van der Waals surface area contributed by atoms with Gasteiger partial charge in [0.2, 0.25) is 11.8 Å². The summed E-state index contributed by atoms with van der Waals surface area (Å²) in [4.78, 5) is 29.3. The fraction of sp³-hybridized carbons (Fsp3) is 0.526. The normalized spacial score (nSPS) is 29.8. The molecule has 3 rings (SSSR count). The van der Waals surface area contributed by atoms with Crippen LogP contribution in [0.15, 0.2) is 24.3 Å². The number of carbonyl (C=O) groups is 2. The maximum Gasteiger partial charge on any atom is 0.235 e. The largest absolute Gasteiger partial charge is 0.295 e. The fourth-order valence-electron chi connectivity index (χ4n) is 4.11. The van der Waals surface area contributed by atoms with Crippen LogP contribution in [0.1, 0.15) is 43.9 Å². The van der Waals surface area contributed by atoms with Gasteiger partial charge in [0, 0.05) is 18.6 Å². The van der Waals surface area contributed by atoms with E-state index in [1.807, 2.05) is 26.1 Å². The average molecular weight is 325 g/mol. The molecule has 2 aliphatic heterocycles. The smallest absolute Gasteiger partial charge is 0.235 e. The SMILES string of the molecule is CCCCN1C(=O)C2C(C1=O)C(c1ccc(C#N)cc1)N(C)C2C. The summed E-state index contributed by atoms with van der Waals surface area (Å²) in [6, 6.07) is 9.39. The predicted molar refractivity (Wildman–Crippen MR) is 89.7 cm³/mol. The lowest BCUT2D eigenvalue weighted by atomic mass is 9.87. The molecule has 2 heterocycles. The van der Waals surface area contributed by atoms with E-state index >= 15 is 0 Å². The Labute approximate surface area is 142 Å².